The van der Waals surface area contributed by atoms with Gasteiger partial charge >= 0.3 is 5.97 Å². The van der Waals surface area contributed by atoms with Crippen LogP contribution in [0.2, 0.25) is 0 Å². The van der Waals surface area contributed by atoms with Gasteiger partial charge in [0.2, 0.25) is 5.75 Å². The number of benzene rings is 1. The molecular weight excluding hydrogens is 242 g/mol. The highest BCUT2D eigenvalue weighted by molar-refractivity contribution is 5.98. The maximum Gasteiger partial charge on any atom is 0.320 e. The van der Waals surface area contributed by atoms with Gasteiger partial charge < -0.3 is 26.2 Å². The molecule has 0 aliphatic heterocycles. The minimum Gasteiger partial charge on any atom is -0.504 e. The molecule has 1 atom stereocenters. The fourth-order valence-corrected chi connectivity index (χ4v) is 1.45. The SMILES string of the molecule is CC(=O)c1cc(CC(N)C(=O)O)c(O)c(O)c1O. The van der Waals surface area contributed by atoms with Gasteiger partial charge in [0.25, 0.3) is 0 Å². The van der Waals surface area contributed by atoms with Crippen LogP contribution < -0.4 is 5.73 Å². The summed E-state index contributed by atoms with van der Waals surface area (Å²) in [5.74, 6) is -4.11. The van der Waals surface area contributed by atoms with Crippen LogP contribution in [-0.2, 0) is 11.2 Å². The topological polar surface area (TPSA) is 141 Å². The molecule has 0 aromatic heterocycles. The number of carbonyl (C=O) groups is 2. The summed E-state index contributed by atoms with van der Waals surface area (Å²) in [5.41, 5.74) is 5.06. The zero-order chi connectivity index (χ0) is 14.0. The first kappa shape index (κ1) is 13.8. The second-order valence-corrected chi connectivity index (χ2v) is 3.83. The van der Waals surface area contributed by atoms with Crippen LogP contribution in [0.5, 0.6) is 17.2 Å². The first-order chi connectivity index (χ1) is 8.25. The average Bonchev–Trinajstić information content (AvgIpc) is 2.29. The van der Waals surface area contributed by atoms with Crippen molar-refractivity contribution in [1.82, 2.24) is 0 Å². The molecule has 0 radical (unpaired) electrons. The van der Waals surface area contributed by atoms with Gasteiger partial charge in [-0.25, -0.2) is 0 Å². The molecule has 0 amide bonds. The number of hydrogen-bond acceptors (Lipinski definition) is 6. The van der Waals surface area contributed by atoms with E-state index in [1.54, 1.807) is 0 Å². The molecule has 0 fully saturated rings. The Morgan fingerprint density at radius 1 is 1.22 bits per heavy atom. The summed E-state index contributed by atoms with van der Waals surface area (Å²) in [7, 11) is 0. The Kier molecular flexibility index (Phi) is 3.77. The molecule has 1 aromatic rings. The van der Waals surface area contributed by atoms with E-state index in [0.717, 1.165) is 13.0 Å². The first-order valence-corrected chi connectivity index (χ1v) is 5.01. The summed E-state index contributed by atoms with van der Waals surface area (Å²) in [5, 5.41) is 37.1. The molecule has 1 rings (SSSR count). The smallest absolute Gasteiger partial charge is 0.320 e. The van der Waals surface area contributed by atoms with Crippen LogP contribution in [0.25, 0.3) is 0 Å². The van der Waals surface area contributed by atoms with Gasteiger partial charge in [0.15, 0.2) is 17.3 Å². The molecule has 0 heterocycles. The largest absolute Gasteiger partial charge is 0.504 e. The molecular formula is C11H13NO6. The number of hydrogen-bond donors (Lipinski definition) is 5. The van der Waals surface area contributed by atoms with Crippen LogP contribution >= 0.6 is 0 Å². The van der Waals surface area contributed by atoms with E-state index in [2.05, 4.69) is 0 Å². The summed E-state index contributed by atoms with van der Waals surface area (Å²) in [6, 6.07) is -0.185. The van der Waals surface area contributed by atoms with E-state index in [0.29, 0.717) is 0 Å². The van der Waals surface area contributed by atoms with Gasteiger partial charge in [-0.3, -0.25) is 9.59 Å². The number of nitrogens with two attached hydrogens (primary N) is 1. The molecule has 6 N–H and O–H groups in total. The highest BCUT2D eigenvalue weighted by atomic mass is 16.4. The first-order valence-electron chi connectivity index (χ1n) is 5.01. The van der Waals surface area contributed by atoms with Gasteiger partial charge in [-0.15, -0.1) is 0 Å². The van der Waals surface area contributed by atoms with Crippen molar-refractivity contribution >= 4 is 11.8 Å². The van der Waals surface area contributed by atoms with Crippen molar-refractivity contribution in [2.75, 3.05) is 0 Å². The highest BCUT2D eigenvalue weighted by Gasteiger charge is 2.22. The predicted molar refractivity (Wildman–Crippen MR) is 60.8 cm³/mol. The highest BCUT2D eigenvalue weighted by Crippen LogP contribution is 2.40. The Hall–Kier alpha value is -2.28. The Bertz CT molecular complexity index is 511. The fraction of sp³-hybridized carbons (Fsp3) is 0.273. The quantitative estimate of drug-likeness (QED) is 0.375. The van der Waals surface area contributed by atoms with Gasteiger partial charge in [0.05, 0.1) is 5.56 Å². The molecule has 0 spiro atoms. The van der Waals surface area contributed by atoms with Crippen LogP contribution in [0.1, 0.15) is 22.8 Å². The Morgan fingerprint density at radius 2 is 1.78 bits per heavy atom. The molecule has 0 bridgehead atoms. The minimum atomic E-state index is -1.29. The fourth-order valence-electron chi connectivity index (χ4n) is 1.45. The van der Waals surface area contributed by atoms with Crippen molar-refractivity contribution in [3.63, 3.8) is 0 Å². The van der Waals surface area contributed by atoms with Crippen molar-refractivity contribution in [1.29, 1.82) is 0 Å². The summed E-state index contributed by atoms with van der Waals surface area (Å²) in [6.07, 6.45) is -0.282. The number of phenols is 3. The minimum absolute atomic E-state index is 0.0228. The number of aromatic hydroxyl groups is 3. The van der Waals surface area contributed by atoms with Crippen molar-refractivity contribution in [3.05, 3.63) is 17.2 Å². The Morgan fingerprint density at radius 3 is 2.22 bits per heavy atom. The normalized spacial score (nSPS) is 12.1. The lowest BCUT2D eigenvalue weighted by molar-refractivity contribution is -0.138. The van der Waals surface area contributed by atoms with Crippen LogP contribution in [0.4, 0.5) is 0 Å². The lowest BCUT2D eigenvalue weighted by atomic mass is 9.99. The third-order valence-electron chi connectivity index (χ3n) is 2.46. The maximum atomic E-state index is 11.2. The zero-order valence-corrected chi connectivity index (χ0v) is 9.54. The third kappa shape index (κ3) is 2.51. The van der Waals surface area contributed by atoms with Crippen LogP contribution in [0, 0.1) is 0 Å². The van der Waals surface area contributed by atoms with Gasteiger partial charge in [-0.2, -0.15) is 0 Å². The molecule has 18 heavy (non-hydrogen) atoms. The second kappa shape index (κ2) is 4.92. The molecule has 0 saturated heterocycles. The van der Waals surface area contributed by atoms with Crippen LogP contribution in [0.3, 0.4) is 0 Å². The number of carbonyl (C=O) groups excluding carboxylic acids is 1. The summed E-state index contributed by atoms with van der Waals surface area (Å²) in [4.78, 5) is 21.8. The molecule has 0 saturated carbocycles. The predicted octanol–water partition coefficient (Wildman–Crippen LogP) is -0.0396. The van der Waals surface area contributed by atoms with E-state index < -0.39 is 35.0 Å². The summed E-state index contributed by atoms with van der Waals surface area (Å²) < 4.78 is 0. The number of carboxylic acid groups (broad SMARTS) is 1. The maximum absolute atomic E-state index is 11.2. The molecule has 0 aliphatic carbocycles. The van der Waals surface area contributed by atoms with E-state index in [4.69, 9.17) is 10.8 Å². The number of rotatable bonds is 4. The Labute approximate surface area is 102 Å². The summed E-state index contributed by atoms with van der Waals surface area (Å²) in [6.45, 7) is 1.16. The van der Waals surface area contributed by atoms with Crippen molar-refractivity contribution in [2.45, 2.75) is 19.4 Å². The van der Waals surface area contributed by atoms with E-state index in [1.807, 2.05) is 0 Å². The monoisotopic (exact) mass is 255 g/mol. The second-order valence-electron chi connectivity index (χ2n) is 3.83. The van der Waals surface area contributed by atoms with E-state index in [9.17, 15) is 24.9 Å². The van der Waals surface area contributed by atoms with E-state index >= 15 is 0 Å². The molecule has 7 heteroatoms. The van der Waals surface area contributed by atoms with Crippen molar-refractivity contribution in [3.8, 4) is 17.2 Å². The third-order valence-corrected chi connectivity index (χ3v) is 2.46. The molecule has 0 aliphatic rings. The number of aliphatic carboxylic acids is 1. The average molecular weight is 255 g/mol. The van der Waals surface area contributed by atoms with Gasteiger partial charge in [-0.1, -0.05) is 0 Å². The lowest BCUT2D eigenvalue weighted by Gasteiger charge is -2.12. The number of ketones is 1. The lowest BCUT2D eigenvalue weighted by Crippen LogP contribution is -2.32. The standard InChI is InChI=1S/C11H13NO6/c1-4(13)6-2-5(3-7(12)11(17)18)8(14)10(16)9(6)15/h2,7,14-16H,3,12H2,1H3,(H,17,18). The van der Waals surface area contributed by atoms with Gasteiger partial charge in [0, 0.05) is 12.0 Å². The van der Waals surface area contributed by atoms with Crippen molar-refractivity contribution in [2.24, 2.45) is 5.73 Å². The van der Waals surface area contributed by atoms with E-state index in [1.165, 1.54) is 0 Å². The van der Waals surface area contributed by atoms with Gasteiger partial charge in [-0.05, 0) is 13.0 Å². The molecule has 1 aromatic carbocycles. The van der Waals surface area contributed by atoms with Gasteiger partial charge in [0.1, 0.15) is 6.04 Å². The molecule has 1 unspecified atom stereocenters. The Balaban J connectivity index is 3.28. The number of carboxylic acids is 1. The van der Waals surface area contributed by atoms with Crippen LogP contribution in [-0.4, -0.2) is 38.2 Å². The number of Topliss-reactive ketones (excluding diaryl/α,β-unsaturated/α-hetero) is 1. The van der Waals surface area contributed by atoms with Crippen molar-refractivity contribution < 1.29 is 30.0 Å². The summed E-state index contributed by atoms with van der Waals surface area (Å²) >= 11 is 0. The van der Waals surface area contributed by atoms with Crippen LogP contribution in [0.15, 0.2) is 6.07 Å². The number of phenolic OH excluding ortho intramolecular Hbond substituents is 3. The molecule has 98 valence electrons. The zero-order valence-electron chi connectivity index (χ0n) is 9.54. The van der Waals surface area contributed by atoms with E-state index in [-0.39, 0.29) is 17.5 Å². The molecule has 7 nitrogen and oxygen atoms in total.